The number of hydrogen-bond donors (Lipinski definition) is 0. The Labute approximate surface area is 124 Å². The topological polar surface area (TPSA) is 29.5 Å². The molecule has 3 nitrogen and oxygen atoms in total. The number of rotatable bonds is 4. The molecule has 2 aromatic carbocycles. The van der Waals surface area contributed by atoms with Crippen molar-refractivity contribution in [2.24, 2.45) is 0 Å². The number of methoxy groups -OCH3 is 1. The Balaban J connectivity index is 2.19. The first-order valence-corrected chi connectivity index (χ1v) is 6.66. The van der Waals surface area contributed by atoms with Crippen molar-refractivity contribution in [3.8, 4) is 5.75 Å². The second-order valence-corrected chi connectivity index (χ2v) is 4.96. The van der Waals surface area contributed by atoms with Crippen LogP contribution in [0.4, 0.5) is 4.39 Å². The van der Waals surface area contributed by atoms with Crippen LogP contribution in [0.2, 0.25) is 0 Å². The Kier molecular flexibility index (Phi) is 4.58. The largest absolute Gasteiger partial charge is 0.496 e. The fourth-order valence-corrected chi connectivity index (χ4v) is 2.16. The van der Waals surface area contributed by atoms with Gasteiger partial charge in [0.05, 0.1) is 12.7 Å². The van der Waals surface area contributed by atoms with Gasteiger partial charge in [-0.15, -0.1) is 0 Å². The molecular weight excluding hydrogens is 269 g/mol. The summed E-state index contributed by atoms with van der Waals surface area (Å²) in [5.74, 6) is -0.133. The summed E-state index contributed by atoms with van der Waals surface area (Å²) >= 11 is 0. The van der Waals surface area contributed by atoms with E-state index in [0.29, 0.717) is 12.3 Å². The summed E-state index contributed by atoms with van der Waals surface area (Å²) in [6, 6.07) is 12.1. The molecule has 0 aliphatic rings. The average Bonchev–Trinajstić information content (AvgIpc) is 2.47. The highest BCUT2D eigenvalue weighted by atomic mass is 19.1. The van der Waals surface area contributed by atoms with Crippen LogP contribution in [0, 0.1) is 12.7 Å². The van der Waals surface area contributed by atoms with Gasteiger partial charge in [-0.05, 0) is 30.7 Å². The summed E-state index contributed by atoms with van der Waals surface area (Å²) in [6.45, 7) is 2.14. The molecule has 0 saturated heterocycles. The van der Waals surface area contributed by atoms with Crippen molar-refractivity contribution in [1.82, 2.24) is 4.90 Å². The molecule has 0 spiro atoms. The second-order valence-electron chi connectivity index (χ2n) is 4.96. The molecule has 0 atom stereocenters. The fraction of sp³-hybridized carbons (Fsp3) is 0.235. The van der Waals surface area contributed by atoms with Crippen molar-refractivity contribution in [3.05, 3.63) is 65.0 Å². The number of benzene rings is 2. The van der Waals surface area contributed by atoms with Gasteiger partial charge >= 0.3 is 0 Å². The van der Waals surface area contributed by atoms with Crippen LogP contribution in [0.3, 0.4) is 0 Å². The summed E-state index contributed by atoms with van der Waals surface area (Å²) in [7, 11) is 3.23. The van der Waals surface area contributed by atoms with Gasteiger partial charge < -0.3 is 9.64 Å². The quantitative estimate of drug-likeness (QED) is 0.862. The van der Waals surface area contributed by atoms with Crippen LogP contribution in [0.1, 0.15) is 21.5 Å². The maximum Gasteiger partial charge on any atom is 0.256 e. The number of aryl methyl sites for hydroxylation is 1. The van der Waals surface area contributed by atoms with Crippen LogP contribution in [-0.4, -0.2) is 25.0 Å². The highest BCUT2D eigenvalue weighted by molar-refractivity contribution is 5.94. The van der Waals surface area contributed by atoms with Crippen LogP contribution >= 0.6 is 0 Å². The SMILES string of the molecule is COc1ccccc1CN(C)C(=O)c1ccc(C)cc1F. The summed E-state index contributed by atoms with van der Waals surface area (Å²) in [5.41, 5.74) is 1.75. The number of hydrogen-bond acceptors (Lipinski definition) is 2. The van der Waals surface area contributed by atoms with Gasteiger partial charge in [0.25, 0.3) is 5.91 Å². The van der Waals surface area contributed by atoms with E-state index in [2.05, 4.69) is 0 Å². The van der Waals surface area contributed by atoms with Crippen LogP contribution in [0.15, 0.2) is 42.5 Å². The molecule has 0 aromatic heterocycles. The monoisotopic (exact) mass is 287 g/mol. The normalized spacial score (nSPS) is 10.3. The van der Waals surface area contributed by atoms with Gasteiger partial charge in [-0.2, -0.15) is 0 Å². The summed E-state index contributed by atoms with van der Waals surface area (Å²) in [4.78, 5) is 13.8. The molecule has 110 valence electrons. The van der Waals surface area contributed by atoms with E-state index in [1.54, 1.807) is 27.1 Å². The Hall–Kier alpha value is -2.36. The van der Waals surface area contributed by atoms with Crippen molar-refractivity contribution in [3.63, 3.8) is 0 Å². The Morgan fingerprint density at radius 1 is 1.24 bits per heavy atom. The smallest absolute Gasteiger partial charge is 0.256 e. The first kappa shape index (κ1) is 15.0. The summed E-state index contributed by atoms with van der Waals surface area (Å²) in [6.07, 6.45) is 0. The maximum absolute atomic E-state index is 13.9. The van der Waals surface area contributed by atoms with E-state index in [9.17, 15) is 9.18 Å². The number of para-hydroxylation sites is 1. The van der Waals surface area contributed by atoms with E-state index in [1.165, 1.54) is 17.0 Å². The van der Waals surface area contributed by atoms with Gasteiger partial charge in [-0.1, -0.05) is 24.3 Å². The number of carbonyl (C=O) groups excluding carboxylic acids is 1. The third-order valence-corrected chi connectivity index (χ3v) is 3.30. The minimum Gasteiger partial charge on any atom is -0.496 e. The highest BCUT2D eigenvalue weighted by Gasteiger charge is 2.17. The number of nitrogens with zero attached hydrogens (tertiary/aromatic N) is 1. The van der Waals surface area contributed by atoms with E-state index >= 15 is 0 Å². The molecule has 0 fully saturated rings. The van der Waals surface area contributed by atoms with E-state index in [4.69, 9.17) is 4.74 Å². The minimum absolute atomic E-state index is 0.0815. The first-order valence-electron chi connectivity index (χ1n) is 6.66. The van der Waals surface area contributed by atoms with Crippen LogP contribution in [0.25, 0.3) is 0 Å². The predicted molar refractivity (Wildman–Crippen MR) is 79.9 cm³/mol. The Bertz CT molecular complexity index is 655. The standard InChI is InChI=1S/C17H18FNO2/c1-12-8-9-14(15(18)10-12)17(20)19(2)11-13-6-4-5-7-16(13)21-3/h4-10H,11H2,1-3H3. The third-order valence-electron chi connectivity index (χ3n) is 3.30. The highest BCUT2D eigenvalue weighted by Crippen LogP contribution is 2.20. The number of carbonyl (C=O) groups is 1. The summed E-state index contributed by atoms with van der Waals surface area (Å²) in [5, 5.41) is 0. The molecular formula is C17H18FNO2. The molecule has 1 amide bonds. The zero-order valence-electron chi connectivity index (χ0n) is 12.4. The van der Waals surface area contributed by atoms with Crippen molar-refractivity contribution in [2.75, 3.05) is 14.2 Å². The Morgan fingerprint density at radius 3 is 2.62 bits per heavy atom. The van der Waals surface area contributed by atoms with Crippen LogP contribution in [-0.2, 0) is 6.54 Å². The summed E-state index contributed by atoms with van der Waals surface area (Å²) < 4.78 is 19.1. The van der Waals surface area contributed by atoms with Gasteiger partial charge in [0.2, 0.25) is 0 Å². The number of ether oxygens (including phenoxy) is 1. The molecule has 0 saturated carbocycles. The van der Waals surface area contributed by atoms with Crippen LogP contribution < -0.4 is 4.74 Å². The average molecular weight is 287 g/mol. The molecule has 0 aliphatic heterocycles. The molecule has 2 rings (SSSR count). The van der Waals surface area contributed by atoms with Gasteiger partial charge in [-0.3, -0.25) is 4.79 Å². The molecule has 0 bridgehead atoms. The lowest BCUT2D eigenvalue weighted by Crippen LogP contribution is -2.27. The lowest BCUT2D eigenvalue weighted by Gasteiger charge is -2.19. The van der Waals surface area contributed by atoms with Gasteiger partial charge in [-0.25, -0.2) is 4.39 Å². The van der Waals surface area contributed by atoms with E-state index in [-0.39, 0.29) is 11.5 Å². The molecule has 0 heterocycles. The van der Waals surface area contributed by atoms with Gasteiger partial charge in [0, 0.05) is 19.2 Å². The number of amides is 1. The zero-order valence-corrected chi connectivity index (χ0v) is 12.4. The van der Waals surface area contributed by atoms with Crippen molar-refractivity contribution in [2.45, 2.75) is 13.5 Å². The fourth-order valence-electron chi connectivity index (χ4n) is 2.16. The van der Waals surface area contributed by atoms with E-state index < -0.39 is 5.82 Å². The molecule has 0 radical (unpaired) electrons. The van der Waals surface area contributed by atoms with Gasteiger partial charge in [0.1, 0.15) is 11.6 Å². The van der Waals surface area contributed by atoms with Gasteiger partial charge in [0.15, 0.2) is 0 Å². The predicted octanol–water partition coefficient (Wildman–Crippen LogP) is 3.41. The minimum atomic E-state index is -0.494. The molecule has 4 heteroatoms. The Morgan fingerprint density at radius 2 is 1.95 bits per heavy atom. The molecule has 0 unspecified atom stereocenters. The first-order chi connectivity index (χ1) is 10.0. The molecule has 0 N–H and O–H groups in total. The third kappa shape index (κ3) is 3.40. The number of halogens is 1. The second kappa shape index (κ2) is 6.39. The van der Waals surface area contributed by atoms with Crippen molar-refractivity contribution in [1.29, 1.82) is 0 Å². The van der Waals surface area contributed by atoms with Crippen LogP contribution in [0.5, 0.6) is 5.75 Å². The van der Waals surface area contributed by atoms with E-state index in [1.807, 2.05) is 24.3 Å². The van der Waals surface area contributed by atoms with Crippen molar-refractivity contribution >= 4 is 5.91 Å². The molecule has 2 aromatic rings. The van der Waals surface area contributed by atoms with E-state index in [0.717, 1.165) is 11.1 Å². The maximum atomic E-state index is 13.9. The zero-order chi connectivity index (χ0) is 15.4. The lowest BCUT2D eigenvalue weighted by atomic mass is 10.1. The molecule has 0 aliphatic carbocycles. The molecule has 21 heavy (non-hydrogen) atoms. The van der Waals surface area contributed by atoms with Crippen molar-refractivity contribution < 1.29 is 13.9 Å². The lowest BCUT2D eigenvalue weighted by molar-refractivity contribution is 0.0779.